The van der Waals surface area contributed by atoms with Crippen molar-refractivity contribution in [2.75, 3.05) is 6.61 Å². The molecule has 0 bridgehead atoms. The van der Waals surface area contributed by atoms with E-state index >= 15 is 0 Å². The Hall–Kier alpha value is -0.300. The van der Waals surface area contributed by atoms with Gasteiger partial charge in [0.1, 0.15) is 0 Å². The molecule has 1 aliphatic heterocycles. The quantitative estimate of drug-likeness (QED) is 0.416. The molecule has 1 unspecified atom stereocenters. The highest BCUT2D eigenvalue weighted by molar-refractivity contribution is 4.91. The molecule has 9 heavy (non-hydrogen) atoms. The molecule has 1 heterocycles. The second-order valence-electron chi connectivity index (χ2n) is 3.30. The van der Waals surface area contributed by atoms with E-state index in [9.17, 15) is 0 Å². The monoisotopic (exact) mass is 126 g/mol. The minimum atomic E-state index is 0.321. The van der Waals surface area contributed by atoms with E-state index < -0.39 is 0 Å². The van der Waals surface area contributed by atoms with Crippen molar-refractivity contribution in [2.24, 2.45) is 5.41 Å². The third-order valence-electron chi connectivity index (χ3n) is 1.88. The average molecular weight is 126 g/mol. The van der Waals surface area contributed by atoms with Gasteiger partial charge in [-0.2, -0.15) is 0 Å². The van der Waals surface area contributed by atoms with E-state index in [0.29, 0.717) is 11.5 Å². The largest absolute Gasteiger partial charge is 0.373 e. The van der Waals surface area contributed by atoms with Gasteiger partial charge in [-0.25, -0.2) is 0 Å². The third kappa shape index (κ3) is 1.55. The van der Waals surface area contributed by atoms with Gasteiger partial charge in [-0.1, -0.05) is 19.9 Å². The molecular formula is C8H14O. The van der Waals surface area contributed by atoms with Crippen molar-refractivity contribution in [3.05, 3.63) is 12.7 Å². The summed E-state index contributed by atoms with van der Waals surface area (Å²) in [5.41, 5.74) is 0.321. The van der Waals surface area contributed by atoms with Crippen molar-refractivity contribution in [2.45, 2.75) is 26.4 Å². The van der Waals surface area contributed by atoms with Gasteiger partial charge in [0.25, 0.3) is 0 Å². The third-order valence-corrected chi connectivity index (χ3v) is 1.88. The summed E-state index contributed by atoms with van der Waals surface area (Å²) < 4.78 is 5.18. The first-order chi connectivity index (χ1) is 4.17. The zero-order chi connectivity index (χ0) is 6.91. The maximum Gasteiger partial charge on any atom is 0.0863 e. The molecule has 1 atom stereocenters. The zero-order valence-electron chi connectivity index (χ0n) is 6.18. The van der Waals surface area contributed by atoms with Gasteiger partial charge in [0.15, 0.2) is 0 Å². The van der Waals surface area contributed by atoms with E-state index in [2.05, 4.69) is 20.4 Å². The van der Waals surface area contributed by atoms with Crippen molar-refractivity contribution in [3.8, 4) is 0 Å². The van der Waals surface area contributed by atoms with Crippen molar-refractivity contribution < 1.29 is 4.74 Å². The number of allylic oxidation sites excluding steroid dienone is 1. The van der Waals surface area contributed by atoms with Crippen LogP contribution in [-0.2, 0) is 4.74 Å². The van der Waals surface area contributed by atoms with Crippen molar-refractivity contribution in [3.63, 3.8) is 0 Å². The second-order valence-corrected chi connectivity index (χ2v) is 3.30. The Bertz CT molecular complexity index is 112. The molecule has 1 aliphatic rings. The lowest BCUT2D eigenvalue weighted by atomic mass is 9.86. The van der Waals surface area contributed by atoms with Gasteiger partial charge in [0, 0.05) is 0 Å². The van der Waals surface area contributed by atoms with Gasteiger partial charge in [-0.15, -0.1) is 6.58 Å². The van der Waals surface area contributed by atoms with Crippen molar-refractivity contribution in [1.29, 1.82) is 0 Å². The van der Waals surface area contributed by atoms with E-state index in [1.54, 1.807) is 0 Å². The lowest BCUT2D eigenvalue weighted by molar-refractivity contribution is 0.245. The van der Waals surface area contributed by atoms with Crippen LogP contribution < -0.4 is 0 Å². The molecule has 1 heteroatoms. The molecule has 1 saturated heterocycles. The molecule has 52 valence electrons. The van der Waals surface area contributed by atoms with Crippen LogP contribution in [0.25, 0.3) is 0 Å². The topological polar surface area (TPSA) is 12.5 Å². The van der Waals surface area contributed by atoms with Crippen LogP contribution in [0.4, 0.5) is 0 Å². The molecule has 0 aromatic rings. The predicted molar refractivity (Wildman–Crippen MR) is 38.3 cm³/mol. The first kappa shape index (κ1) is 6.81. The van der Waals surface area contributed by atoms with Crippen LogP contribution in [0.5, 0.6) is 0 Å². The summed E-state index contributed by atoms with van der Waals surface area (Å²) >= 11 is 0. The van der Waals surface area contributed by atoms with E-state index in [4.69, 9.17) is 4.74 Å². The molecule has 0 aromatic heterocycles. The predicted octanol–water partition coefficient (Wildman–Crippen LogP) is 1.99. The van der Waals surface area contributed by atoms with Gasteiger partial charge in [-0.05, 0) is 11.8 Å². The Morgan fingerprint density at radius 2 is 2.33 bits per heavy atom. The summed E-state index contributed by atoms with van der Waals surface area (Å²) in [6.45, 7) is 9.08. The second kappa shape index (κ2) is 2.14. The van der Waals surface area contributed by atoms with E-state index in [1.165, 1.54) is 0 Å². The Kier molecular flexibility index (Phi) is 1.62. The minimum absolute atomic E-state index is 0.321. The lowest BCUT2D eigenvalue weighted by Gasteiger charge is -2.18. The maximum absolute atomic E-state index is 5.18. The van der Waals surface area contributed by atoms with Crippen LogP contribution >= 0.6 is 0 Å². The average Bonchev–Trinajstić information content (AvgIpc) is 2.41. The number of hydrogen-bond acceptors (Lipinski definition) is 1. The van der Waals surface area contributed by atoms with Crippen LogP contribution in [0, 0.1) is 5.41 Å². The summed E-state index contributed by atoms with van der Waals surface area (Å²) in [6, 6.07) is 0. The Labute approximate surface area is 56.7 Å². The molecule has 0 aromatic carbocycles. The molecular weight excluding hydrogens is 112 g/mol. The highest BCUT2D eigenvalue weighted by Crippen LogP contribution is 2.35. The Morgan fingerprint density at radius 3 is 2.67 bits per heavy atom. The summed E-state index contributed by atoms with van der Waals surface area (Å²) in [6.07, 6.45) is 3.51. The van der Waals surface area contributed by atoms with E-state index in [-0.39, 0.29) is 0 Å². The molecule has 0 amide bonds. The normalized spacial score (nSPS) is 25.8. The van der Waals surface area contributed by atoms with E-state index in [1.807, 2.05) is 6.08 Å². The minimum Gasteiger partial charge on any atom is -0.373 e. The van der Waals surface area contributed by atoms with E-state index in [0.717, 1.165) is 13.0 Å². The Morgan fingerprint density at radius 1 is 1.78 bits per heavy atom. The highest BCUT2D eigenvalue weighted by Gasteiger charge is 2.38. The number of epoxide rings is 1. The summed E-state index contributed by atoms with van der Waals surface area (Å²) in [7, 11) is 0. The van der Waals surface area contributed by atoms with Gasteiger partial charge in [0.05, 0.1) is 12.7 Å². The molecule has 0 saturated carbocycles. The summed E-state index contributed by atoms with van der Waals surface area (Å²) in [5, 5.41) is 0. The smallest absolute Gasteiger partial charge is 0.0863 e. The fraction of sp³-hybridized carbons (Fsp3) is 0.750. The lowest BCUT2D eigenvalue weighted by Crippen LogP contribution is -2.17. The molecule has 1 rings (SSSR count). The molecule has 1 nitrogen and oxygen atoms in total. The van der Waals surface area contributed by atoms with Crippen LogP contribution in [0.15, 0.2) is 12.7 Å². The highest BCUT2D eigenvalue weighted by atomic mass is 16.6. The fourth-order valence-corrected chi connectivity index (χ4v) is 1.00. The Balaban J connectivity index is 2.38. The van der Waals surface area contributed by atoms with Gasteiger partial charge in [0.2, 0.25) is 0 Å². The first-order valence-electron chi connectivity index (χ1n) is 3.39. The SMILES string of the molecule is C=CCC(C)(C)C1CO1. The van der Waals surface area contributed by atoms with Crippen molar-refractivity contribution >= 4 is 0 Å². The number of rotatable bonds is 3. The van der Waals surface area contributed by atoms with Gasteiger partial charge in [-0.3, -0.25) is 0 Å². The molecule has 0 radical (unpaired) electrons. The van der Waals surface area contributed by atoms with Crippen LogP contribution in [0.2, 0.25) is 0 Å². The molecule has 0 aliphatic carbocycles. The molecule has 0 N–H and O–H groups in total. The van der Waals surface area contributed by atoms with Gasteiger partial charge < -0.3 is 4.74 Å². The maximum atomic E-state index is 5.18. The van der Waals surface area contributed by atoms with Crippen molar-refractivity contribution in [1.82, 2.24) is 0 Å². The number of hydrogen-bond donors (Lipinski definition) is 0. The molecule has 0 spiro atoms. The van der Waals surface area contributed by atoms with Crippen LogP contribution in [0.1, 0.15) is 20.3 Å². The fourth-order valence-electron chi connectivity index (χ4n) is 1.00. The summed E-state index contributed by atoms with van der Waals surface area (Å²) in [5.74, 6) is 0. The molecule has 1 fully saturated rings. The first-order valence-corrected chi connectivity index (χ1v) is 3.39. The number of ether oxygens (including phenoxy) is 1. The van der Waals surface area contributed by atoms with Gasteiger partial charge >= 0.3 is 0 Å². The zero-order valence-corrected chi connectivity index (χ0v) is 6.18. The summed E-state index contributed by atoms with van der Waals surface area (Å²) in [4.78, 5) is 0. The van der Waals surface area contributed by atoms with Crippen LogP contribution in [-0.4, -0.2) is 12.7 Å². The standard InChI is InChI=1S/C8H14O/c1-4-5-8(2,3)7-6-9-7/h4,7H,1,5-6H2,2-3H3. The van der Waals surface area contributed by atoms with Crippen LogP contribution in [0.3, 0.4) is 0 Å².